The van der Waals surface area contributed by atoms with Crippen LogP contribution in [0.15, 0.2) is 36.9 Å². The number of aromatic nitrogens is 4. The van der Waals surface area contributed by atoms with Crippen LogP contribution in [0.2, 0.25) is 0 Å². The van der Waals surface area contributed by atoms with Gasteiger partial charge >= 0.3 is 5.97 Å². The van der Waals surface area contributed by atoms with E-state index in [-0.39, 0.29) is 5.97 Å². The molecule has 0 spiro atoms. The Balaban J connectivity index is 1.79. The standard InChI is InChI=1S/C16H18N4O2/c1-3-12-5-6-19-10-14(18-15(19)7-12)11-20-9-13(8-17-20)16(21)22-4-2/h5-10H,3-4,11H2,1-2H3. The molecular weight excluding hydrogens is 280 g/mol. The van der Waals surface area contributed by atoms with E-state index in [1.54, 1.807) is 17.8 Å². The predicted molar refractivity (Wildman–Crippen MR) is 81.9 cm³/mol. The molecule has 0 N–H and O–H groups in total. The first kappa shape index (κ1) is 14.3. The number of fused-ring (bicyclic) bond motifs is 1. The molecule has 0 radical (unpaired) electrons. The maximum absolute atomic E-state index is 11.6. The molecule has 3 heterocycles. The Morgan fingerprint density at radius 2 is 2.18 bits per heavy atom. The average molecular weight is 298 g/mol. The number of nitrogens with zero attached hydrogens (tertiary/aromatic N) is 4. The summed E-state index contributed by atoms with van der Waals surface area (Å²) in [5, 5.41) is 4.19. The summed E-state index contributed by atoms with van der Waals surface area (Å²) in [4.78, 5) is 16.2. The summed E-state index contributed by atoms with van der Waals surface area (Å²) in [7, 11) is 0. The smallest absolute Gasteiger partial charge is 0.341 e. The molecule has 0 bridgehead atoms. The summed E-state index contributed by atoms with van der Waals surface area (Å²) in [6, 6.07) is 4.17. The van der Waals surface area contributed by atoms with Crippen molar-refractivity contribution in [2.75, 3.05) is 6.61 Å². The highest BCUT2D eigenvalue weighted by atomic mass is 16.5. The molecule has 0 fully saturated rings. The van der Waals surface area contributed by atoms with Crippen molar-refractivity contribution in [1.82, 2.24) is 19.2 Å². The summed E-state index contributed by atoms with van der Waals surface area (Å²) >= 11 is 0. The van der Waals surface area contributed by atoms with Crippen LogP contribution in [0.3, 0.4) is 0 Å². The van der Waals surface area contributed by atoms with Gasteiger partial charge in [-0.1, -0.05) is 6.92 Å². The monoisotopic (exact) mass is 298 g/mol. The van der Waals surface area contributed by atoms with Crippen LogP contribution in [0.1, 0.15) is 35.5 Å². The van der Waals surface area contributed by atoms with E-state index in [1.807, 2.05) is 16.8 Å². The first-order chi connectivity index (χ1) is 10.7. The molecular formula is C16H18N4O2. The molecule has 0 amide bonds. The van der Waals surface area contributed by atoms with Gasteiger partial charge in [0, 0.05) is 18.6 Å². The molecule has 0 saturated heterocycles. The summed E-state index contributed by atoms with van der Waals surface area (Å²) in [6.45, 7) is 4.78. The van der Waals surface area contributed by atoms with Gasteiger partial charge < -0.3 is 9.14 Å². The summed E-state index contributed by atoms with van der Waals surface area (Å²) < 4.78 is 8.63. The number of pyridine rings is 1. The van der Waals surface area contributed by atoms with E-state index in [2.05, 4.69) is 29.1 Å². The Labute approximate surface area is 128 Å². The van der Waals surface area contributed by atoms with Crippen molar-refractivity contribution in [3.8, 4) is 0 Å². The van der Waals surface area contributed by atoms with E-state index in [4.69, 9.17) is 4.74 Å². The number of rotatable bonds is 5. The second-order valence-corrected chi connectivity index (χ2v) is 5.03. The predicted octanol–water partition coefficient (Wildman–Crippen LogP) is 2.32. The van der Waals surface area contributed by atoms with Crippen LogP contribution in [-0.2, 0) is 17.7 Å². The first-order valence-corrected chi connectivity index (χ1v) is 7.35. The van der Waals surface area contributed by atoms with E-state index in [9.17, 15) is 4.79 Å². The van der Waals surface area contributed by atoms with Crippen LogP contribution < -0.4 is 0 Å². The molecule has 114 valence electrons. The first-order valence-electron chi connectivity index (χ1n) is 7.35. The van der Waals surface area contributed by atoms with Gasteiger partial charge in [-0.05, 0) is 31.0 Å². The van der Waals surface area contributed by atoms with Gasteiger partial charge in [-0.15, -0.1) is 0 Å². The van der Waals surface area contributed by atoms with Crippen molar-refractivity contribution in [2.24, 2.45) is 0 Å². The second-order valence-electron chi connectivity index (χ2n) is 5.03. The molecule has 0 aliphatic carbocycles. The van der Waals surface area contributed by atoms with E-state index >= 15 is 0 Å². The van der Waals surface area contributed by atoms with Gasteiger partial charge in [0.15, 0.2) is 0 Å². The van der Waals surface area contributed by atoms with Gasteiger partial charge in [-0.3, -0.25) is 4.68 Å². The minimum Gasteiger partial charge on any atom is -0.462 e. The van der Waals surface area contributed by atoms with Gasteiger partial charge in [0.25, 0.3) is 0 Å². The molecule has 0 aliphatic rings. The number of ether oxygens (including phenoxy) is 1. The summed E-state index contributed by atoms with van der Waals surface area (Å²) in [5.74, 6) is -0.351. The molecule has 0 aliphatic heterocycles. The van der Waals surface area contributed by atoms with Crippen molar-refractivity contribution in [1.29, 1.82) is 0 Å². The SMILES string of the molecule is CCOC(=O)c1cnn(Cc2cn3ccc(CC)cc3n2)c1. The third-order valence-electron chi connectivity index (χ3n) is 3.45. The Hall–Kier alpha value is -2.63. The van der Waals surface area contributed by atoms with Crippen LogP contribution >= 0.6 is 0 Å². The van der Waals surface area contributed by atoms with Gasteiger partial charge in [0.2, 0.25) is 0 Å². The lowest BCUT2D eigenvalue weighted by Gasteiger charge is -1.97. The Morgan fingerprint density at radius 1 is 1.32 bits per heavy atom. The highest BCUT2D eigenvalue weighted by Gasteiger charge is 2.10. The maximum Gasteiger partial charge on any atom is 0.341 e. The zero-order chi connectivity index (χ0) is 15.5. The van der Waals surface area contributed by atoms with Gasteiger partial charge in [-0.25, -0.2) is 9.78 Å². The molecule has 3 aromatic heterocycles. The average Bonchev–Trinajstić information content (AvgIpc) is 3.13. The van der Waals surface area contributed by atoms with Crippen LogP contribution in [-0.4, -0.2) is 31.7 Å². The normalized spacial score (nSPS) is 11.0. The molecule has 0 atom stereocenters. The van der Waals surface area contributed by atoms with Crippen molar-refractivity contribution in [3.63, 3.8) is 0 Å². The largest absolute Gasteiger partial charge is 0.462 e. The molecule has 6 heteroatoms. The van der Waals surface area contributed by atoms with E-state index in [1.165, 1.54) is 11.8 Å². The van der Waals surface area contributed by atoms with E-state index in [0.717, 1.165) is 17.8 Å². The Bertz CT molecular complexity index is 803. The number of imidazole rings is 1. The minimum atomic E-state index is -0.351. The lowest BCUT2D eigenvalue weighted by molar-refractivity contribution is 0.0526. The van der Waals surface area contributed by atoms with Crippen LogP contribution in [0.4, 0.5) is 0 Å². The number of esters is 1. The molecule has 0 saturated carbocycles. The number of carbonyl (C=O) groups is 1. The lowest BCUT2D eigenvalue weighted by Crippen LogP contribution is -2.04. The van der Waals surface area contributed by atoms with Gasteiger partial charge in [-0.2, -0.15) is 5.10 Å². The molecule has 3 aromatic rings. The summed E-state index contributed by atoms with van der Waals surface area (Å²) in [5.41, 5.74) is 3.53. The van der Waals surface area contributed by atoms with Crippen molar-refractivity contribution in [2.45, 2.75) is 26.8 Å². The molecule has 0 aromatic carbocycles. The fourth-order valence-corrected chi connectivity index (χ4v) is 2.31. The topological polar surface area (TPSA) is 61.4 Å². The lowest BCUT2D eigenvalue weighted by atomic mass is 10.2. The number of hydrogen-bond acceptors (Lipinski definition) is 4. The van der Waals surface area contributed by atoms with Crippen LogP contribution in [0.5, 0.6) is 0 Å². The third-order valence-corrected chi connectivity index (χ3v) is 3.45. The molecule has 6 nitrogen and oxygen atoms in total. The quantitative estimate of drug-likeness (QED) is 0.678. The second kappa shape index (κ2) is 6.01. The highest BCUT2D eigenvalue weighted by Crippen LogP contribution is 2.10. The zero-order valence-corrected chi connectivity index (χ0v) is 12.7. The number of hydrogen-bond donors (Lipinski definition) is 0. The van der Waals surface area contributed by atoms with Crippen LogP contribution in [0.25, 0.3) is 5.65 Å². The third kappa shape index (κ3) is 2.86. The molecule has 22 heavy (non-hydrogen) atoms. The minimum absolute atomic E-state index is 0.351. The maximum atomic E-state index is 11.6. The van der Waals surface area contributed by atoms with Crippen molar-refractivity contribution < 1.29 is 9.53 Å². The van der Waals surface area contributed by atoms with Crippen molar-refractivity contribution in [3.05, 3.63) is 53.7 Å². The summed E-state index contributed by atoms with van der Waals surface area (Å²) in [6.07, 6.45) is 8.17. The fourth-order valence-electron chi connectivity index (χ4n) is 2.31. The number of aryl methyl sites for hydroxylation is 1. The Kier molecular flexibility index (Phi) is 3.91. The van der Waals surface area contributed by atoms with Gasteiger partial charge in [0.1, 0.15) is 5.65 Å². The van der Waals surface area contributed by atoms with Crippen LogP contribution in [0, 0.1) is 0 Å². The fraction of sp³-hybridized carbons (Fsp3) is 0.312. The zero-order valence-electron chi connectivity index (χ0n) is 12.7. The number of carbonyl (C=O) groups excluding carboxylic acids is 1. The Morgan fingerprint density at radius 3 is 2.95 bits per heavy atom. The highest BCUT2D eigenvalue weighted by molar-refractivity contribution is 5.88. The molecule has 0 unspecified atom stereocenters. The molecule has 3 rings (SSSR count). The van der Waals surface area contributed by atoms with Crippen molar-refractivity contribution >= 4 is 11.6 Å². The van der Waals surface area contributed by atoms with Gasteiger partial charge in [0.05, 0.1) is 30.6 Å². The van der Waals surface area contributed by atoms with E-state index in [0.29, 0.717) is 18.7 Å². The van der Waals surface area contributed by atoms with E-state index < -0.39 is 0 Å².